The van der Waals surface area contributed by atoms with Gasteiger partial charge in [-0.25, -0.2) is 0 Å². The molecule has 1 amide bonds. The summed E-state index contributed by atoms with van der Waals surface area (Å²) in [5.74, 6) is 0.761. The van der Waals surface area contributed by atoms with Gasteiger partial charge in [-0.1, -0.05) is 25.0 Å². The maximum absolute atomic E-state index is 13.3. The van der Waals surface area contributed by atoms with Gasteiger partial charge in [-0.3, -0.25) is 14.9 Å². The quantitative estimate of drug-likeness (QED) is 0.614. The molecule has 2 aromatic carbocycles. The fourth-order valence-electron chi connectivity index (χ4n) is 4.12. The van der Waals surface area contributed by atoms with Crippen LogP contribution in [0, 0.1) is 24.0 Å². The highest BCUT2D eigenvalue weighted by molar-refractivity contribution is 5.99. The number of amides is 1. The van der Waals surface area contributed by atoms with Gasteiger partial charge in [0.1, 0.15) is 5.75 Å². The van der Waals surface area contributed by atoms with Crippen molar-refractivity contribution in [2.75, 3.05) is 12.4 Å². The molecule has 2 aromatic rings. The van der Waals surface area contributed by atoms with Gasteiger partial charge in [0, 0.05) is 17.8 Å². The van der Waals surface area contributed by atoms with Gasteiger partial charge in [-0.15, -0.1) is 0 Å². The zero-order chi connectivity index (χ0) is 19.6. The van der Waals surface area contributed by atoms with Crippen LogP contribution in [0.5, 0.6) is 5.75 Å². The first-order chi connectivity index (χ1) is 12.9. The smallest absolute Gasteiger partial charge is 0.269 e. The zero-order valence-electron chi connectivity index (χ0n) is 15.9. The highest BCUT2D eigenvalue weighted by Crippen LogP contribution is 2.42. The molecule has 3 rings (SSSR count). The Balaban J connectivity index is 1.91. The number of aryl methyl sites for hydroxylation is 2. The van der Waals surface area contributed by atoms with Crippen LogP contribution in [-0.2, 0) is 10.2 Å². The fraction of sp³-hybridized carbons (Fsp3) is 0.381. The van der Waals surface area contributed by atoms with Crippen LogP contribution < -0.4 is 10.1 Å². The lowest BCUT2D eigenvalue weighted by Crippen LogP contribution is -2.38. The highest BCUT2D eigenvalue weighted by Gasteiger charge is 2.42. The molecular formula is C21H24N2O4. The maximum Gasteiger partial charge on any atom is 0.269 e. The van der Waals surface area contributed by atoms with Crippen LogP contribution >= 0.6 is 0 Å². The first kappa shape index (κ1) is 18.9. The summed E-state index contributed by atoms with van der Waals surface area (Å²) in [6, 6.07) is 10.2. The minimum absolute atomic E-state index is 0.0358. The molecule has 142 valence electrons. The SMILES string of the molecule is COc1c(C)cc(NC(=O)C2(c3ccc([N+](=O)[O-])cc3)CCCC2)cc1C. The Kier molecular flexibility index (Phi) is 5.17. The summed E-state index contributed by atoms with van der Waals surface area (Å²) in [5.41, 5.74) is 2.90. The summed E-state index contributed by atoms with van der Waals surface area (Å²) < 4.78 is 5.39. The summed E-state index contributed by atoms with van der Waals surface area (Å²) in [6.07, 6.45) is 3.41. The van der Waals surface area contributed by atoms with E-state index >= 15 is 0 Å². The Hall–Kier alpha value is -2.89. The van der Waals surface area contributed by atoms with Crippen molar-refractivity contribution in [1.29, 1.82) is 0 Å². The lowest BCUT2D eigenvalue weighted by atomic mass is 9.78. The van der Waals surface area contributed by atoms with E-state index in [0.717, 1.165) is 53.8 Å². The summed E-state index contributed by atoms with van der Waals surface area (Å²) >= 11 is 0. The molecule has 0 aliphatic heterocycles. The Bertz CT molecular complexity index is 845. The molecule has 6 heteroatoms. The third-order valence-corrected chi connectivity index (χ3v) is 5.44. The number of hydrogen-bond acceptors (Lipinski definition) is 4. The molecule has 0 heterocycles. The van der Waals surface area contributed by atoms with Crippen LogP contribution in [0.2, 0.25) is 0 Å². The zero-order valence-corrected chi connectivity index (χ0v) is 15.9. The molecule has 0 aromatic heterocycles. The van der Waals surface area contributed by atoms with Gasteiger partial charge in [0.15, 0.2) is 0 Å². The number of hydrogen-bond donors (Lipinski definition) is 1. The van der Waals surface area contributed by atoms with Gasteiger partial charge in [0.2, 0.25) is 5.91 Å². The van der Waals surface area contributed by atoms with E-state index in [0.29, 0.717) is 0 Å². The van der Waals surface area contributed by atoms with Crippen molar-refractivity contribution in [3.63, 3.8) is 0 Å². The standard InChI is InChI=1S/C21H24N2O4/c1-14-12-17(13-15(2)19(14)27-3)22-20(24)21(10-4-5-11-21)16-6-8-18(9-7-16)23(25)26/h6-9,12-13H,4-5,10-11H2,1-3H3,(H,22,24). The number of anilines is 1. The molecule has 6 nitrogen and oxygen atoms in total. The molecule has 0 unspecified atom stereocenters. The molecule has 0 radical (unpaired) electrons. The normalized spacial score (nSPS) is 15.4. The Morgan fingerprint density at radius 1 is 1.11 bits per heavy atom. The van der Waals surface area contributed by atoms with Gasteiger partial charge in [0.05, 0.1) is 17.4 Å². The van der Waals surface area contributed by atoms with E-state index in [1.165, 1.54) is 12.1 Å². The van der Waals surface area contributed by atoms with Crippen LogP contribution in [0.1, 0.15) is 42.4 Å². The van der Waals surface area contributed by atoms with E-state index in [2.05, 4.69) is 5.32 Å². The Morgan fingerprint density at radius 2 is 1.67 bits per heavy atom. The number of nitrogens with zero attached hydrogens (tertiary/aromatic N) is 1. The predicted octanol–water partition coefficient (Wildman–Crippen LogP) is 4.67. The Labute approximate surface area is 158 Å². The second kappa shape index (κ2) is 7.39. The van der Waals surface area contributed by atoms with Gasteiger partial charge in [-0.2, -0.15) is 0 Å². The molecule has 1 saturated carbocycles. The first-order valence-corrected chi connectivity index (χ1v) is 9.09. The molecule has 0 atom stereocenters. The number of ether oxygens (including phenoxy) is 1. The predicted molar refractivity (Wildman–Crippen MR) is 104 cm³/mol. The van der Waals surface area contributed by atoms with E-state index in [4.69, 9.17) is 4.74 Å². The minimum Gasteiger partial charge on any atom is -0.496 e. The van der Waals surface area contributed by atoms with E-state index in [1.807, 2.05) is 26.0 Å². The summed E-state index contributed by atoms with van der Waals surface area (Å²) in [5, 5.41) is 14.0. The number of nitro benzene ring substituents is 1. The third kappa shape index (κ3) is 3.52. The summed E-state index contributed by atoms with van der Waals surface area (Å²) in [7, 11) is 1.63. The molecule has 0 bridgehead atoms. The van der Waals surface area contributed by atoms with Crippen molar-refractivity contribution in [2.24, 2.45) is 0 Å². The molecule has 1 N–H and O–H groups in total. The summed E-state index contributed by atoms with van der Waals surface area (Å²) in [4.78, 5) is 23.8. The lowest BCUT2D eigenvalue weighted by molar-refractivity contribution is -0.384. The van der Waals surface area contributed by atoms with Crippen LogP contribution in [0.25, 0.3) is 0 Å². The molecule has 27 heavy (non-hydrogen) atoms. The minimum atomic E-state index is -0.642. The number of non-ortho nitro benzene ring substituents is 1. The fourth-order valence-corrected chi connectivity index (χ4v) is 4.12. The number of carbonyl (C=O) groups is 1. The molecule has 1 aliphatic carbocycles. The molecule has 0 spiro atoms. The van der Waals surface area contributed by atoms with Crippen LogP contribution in [0.3, 0.4) is 0 Å². The lowest BCUT2D eigenvalue weighted by Gasteiger charge is -2.28. The first-order valence-electron chi connectivity index (χ1n) is 9.09. The molecule has 1 fully saturated rings. The van der Waals surface area contributed by atoms with E-state index in [1.54, 1.807) is 19.2 Å². The monoisotopic (exact) mass is 368 g/mol. The van der Waals surface area contributed by atoms with Gasteiger partial charge < -0.3 is 10.1 Å². The molecule has 0 saturated heterocycles. The van der Waals surface area contributed by atoms with E-state index in [9.17, 15) is 14.9 Å². The van der Waals surface area contributed by atoms with Crippen molar-refractivity contribution in [3.05, 3.63) is 63.2 Å². The van der Waals surface area contributed by atoms with Crippen molar-refractivity contribution >= 4 is 17.3 Å². The van der Waals surface area contributed by atoms with Crippen molar-refractivity contribution < 1.29 is 14.5 Å². The van der Waals surface area contributed by atoms with Crippen LogP contribution in [0.15, 0.2) is 36.4 Å². The average molecular weight is 368 g/mol. The van der Waals surface area contributed by atoms with Crippen molar-refractivity contribution in [3.8, 4) is 5.75 Å². The average Bonchev–Trinajstić information content (AvgIpc) is 3.12. The number of rotatable bonds is 5. The van der Waals surface area contributed by atoms with E-state index in [-0.39, 0.29) is 11.6 Å². The molecule has 1 aliphatic rings. The second-order valence-corrected chi connectivity index (χ2v) is 7.19. The summed E-state index contributed by atoms with van der Waals surface area (Å²) in [6.45, 7) is 3.90. The number of nitro groups is 1. The Morgan fingerprint density at radius 3 is 2.15 bits per heavy atom. The second-order valence-electron chi connectivity index (χ2n) is 7.19. The van der Waals surface area contributed by atoms with Gasteiger partial charge in [-0.05, 0) is 55.5 Å². The number of benzene rings is 2. The van der Waals surface area contributed by atoms with Crippen molar-refractivity contribution in [1.82, 2.24) is 0 Å². The van der Waals surface area contributed by atoms with Crippen LogP contribution in [-0.4, -0.2) is 17.9 Å². The highest BCUT2D eigenvalue weighted by atomic mass is 16.6. The number of methoxy groups -OCH3 is 1. The topological polar surface area (TPSA) is 81.5 Å². The third-order valence-electron chi connectivity index (χ3n) is 5.44. The van der Waals surface area contributed by atoms with E-state index < -0.39 is 10.3 Å². The number of carbonyl (C=O) groups excluding carboxylic acids is 1. The number of nitrogens with one attached hydrogen (secondary N) is 1. The van der Waals surface area contributed by atoms with Gasteiger partial charge >= 0.3 is 0 Å². The van der Waals surface area contributed by atoms with Gasteiger partial charge in [0.25, 0.3) is 5.69 Å². The van der Waals surface area contributed by atoms with Crippen molar-refractivity contribution in [2.45, 2.75) is 44.9 Å². The van der Waals surface area contributed by atoms with Crippen LogP contribution in [0.4, 0.5) is 11.4 Å². The molecular weight excluding hydrogens is 344 g/mol. The maximum atomic E-state index is 13.3. The largest absolute Gasteiger partial charge is 0.496 e.